The third kappa shape index (κ3) is 3.03. The minimum atomic E-state index is -0.993. The van der Waals surface area contributed by atoms with Crippen molar-refractivity contribution in [2.45, 2.75) is 6.04 Å². The van der Waals surface area contributed by atoms with Crippen molar-refractivity contribution in [2.24, 2.45) is 0 Å². The summed E-state index contributed by atoms with van der Waals surface area (Å²) in [5.74, 6) is 0. The summed E-state index contributed by atoms with van der Waals surface area (Å²) in [6.45, 7) is -0.474. The molecule has 1 amide bonds. The number of rotatable bonds is 3. The molecule has 57 valence electrons. The summed E-state index contributed by atoms with van der Waals surface area (Å²) in [7, 11) is 1.16. The Morgan fingerprint density at radius 3 is 2.80 bits per heavy atom. The molecule has 5 heteroatoms. The van der Waals surface area contributed by atoms with Crippen molar-refractivity contribution in [2.75, 3.05) is 13.7 Å². The highest BCUT2D eigenvalue weighted by atomic mass is 16.5. The Bertz CT molecular complexity index is 125. The second kappa shape index (κ2) is 4.75. The predicted molar refractivity (Wildman–Crippen MR) is 32.1 cm³/mol. The highest BCUT2D eigenvalue weighted by molar-refractivity contribution is 5.73. The normalized spacial score (nSPS) is 11.8. The number of nitrogens with one attached hydrogen (secondary N) is 1. The molecule has 5 nitrogen and oxygen atoms in total. The maximum atomic E-state index is 10.3. The van der Waals surface area contributed by atoms with Crippen LogP contribution >= 0.6 is 0 Å². The monoisotopic (exact) mass is 146 g/mol. The van der Waals surface area contributed by atoms with Crippen LogP contribution in [0.25, 0.3) is 0 Å². The molecule has 0 unspecified atom stereocenters. The molecular weight excluding hydrogens is 138 g/mol. The summed E-state index contributed by atoms with van der Waals surface area (Å²) >= 11 is 0. The van der Waals surface area contributed by atoms with Crippen molar-refractivity contribution in [3.05, 3.63) is 0 Å². The van der Waals surface area contributed by atoms with Crippen LogP contribution < -0.4 is 5.32 Å². The zero-order valence-electron chi connectivity index (χ0n) is 5.46. The van der Waals surface area contributed by atoms with Crippen LogP contribution in [-0.4, -0.2) is 37.2 Å². The Morgan fingerprint density at radius 2 is 2.50 bits per heavy atom. The Hall–Kier alpha value is -1.10. The zero-order valence-corrected chi connectivity index (χ0v) is 5.46. The predicted octanol–water partition coefficient (Wildman–Crippen LogP) is -1.19. The molecule has 0 aromatic carbocycles. The molecule has 0 fully saturated rings. The summed E-state index contributed by atoms with van der Waals surface area (Å²) in [6, 6.07) is -0.993. The number of carbonyl (C=O) groups excluding carboxylic acids is 2. The van der Waals surface area contributed by atoms with Crippen molar-refractivity contribution in [1.82, 2.24) is 5.32 Å². The largest absolute Gasteiger partial charge is 0.453 e. The Balaban J connectivity index is 3.62. The molecule has 1 atom stereocenters. The van der Waals surface area contributed by atoms with Gasteiger partial charge >= 0.3 is 6.09 Å². The topological polar surface area (TPSA) is 75.6 Å². The van der Waals surface area contributed by atoms with E-state index in [1.165, 1.54) is 6.29 Å². The number of aliphatic hydroxyl groups is 1. The molecule has 2 N–H and O–H groups in total. The Morgan fingerprint density at radius 1 is 1.90 bits per heavy atom. The molecule has 0 bridgehead atoms. The molecule has 1 radical (unpaired) electrons. The number of hydrogen-bond donors (Lipinski definition) is 2. The summed E-state index contributed by atoms with van der Waals surface area (Å²) in [5.41, 5.74) is 0. The summed E-state index contributed by atoms with van der Waals surface area (Å²) in [4.78, 5) is 20.1. The lowest BCUT2D eigenvalue weighted by Crippen LogP contribution is -2.38. The van der Waals surface area contributed by atoms with Gasteiger partial charge in [-0.15, -0.1) is 0 Å². The van der Waals surface area contributed by atoms with E-state index in [1.54, 1.807) is 0 Å². The summed E-state index contributed by atoms with van der Waals surface area (Å²) in [6.07, 6.45) is 0.643. The molecule has 0 aromatic rings. The minimum absolute atomic E-state index is 0.474. The number of methoxy groups -OCH3 is 1. The fraction of sp³-hybridized carbons (Fsp3) is 0.600. The lowest BCUT2D eigenvalue weighted by Gasteiger charge is -2.05. The first-order chi connectivity index (χ1) is 4.74. The van der Waals surface area contributed by atoms with E-state index in [-0.39, 0.29) is 0 Å². The third-order valence-corrected chi connectivity index (χ3v) is 0.802. The number of amides is 1. The highest BCUT2D eigenvalue weighted by Gasteiger charge is 2.09. The van der Waals surface area contributed by atoms with E-state index in [9.17, 15) is 9.59 Å². The van der Waals surface area contributed by atoms with Gasteiger partial charge in [-0.2, -0.15) is 0 Å². The van der Waals surface area contributed by atoms with E-state index in [0.717, 1.165) is 7.11 Å². The quantitative estimate of drug-likeness (QED) is 0.525. The van der Waals surface area contributed by atoms with Crippen LogP contribution in [0, 0.1) is 0 Å². The first-order valence-electron chi connectivity index (χ1n) is 2.57. The van der Waals surface area contributed by atoms with Gasteiger partial charge in [0.25, 0.3) is 0 Å². The van der Waals surface area contributed by atoms with Gasteiger partial charge in [-0.05, 0) is 0 Å². The molecule has 0 rings (SSSR count). The SMILES string of the molecule is COC(=O)N[C@H]([C]=O)CO. The maximum Gasteiger partial charge on any atom is 0.407 e. The average molecular weight is 146 g/mol. The molecule has 0 saturated heterocycles. The molecule has 0 spiro atoms. The van der Waals surface area contributed by atoms with Crippen molar-refractivity contribution >= 4 is 12.4 Å². The van der Waals surface area contributed by atoms with Crippen LogP contribution in [-0.2, 0) is 9.53 Å². The second-order valence-corrected chi connectivity index (χ2v) is 1.49. The van der Waals surface area contributed by atoms with Crippen LogP contribution in [0.4, 0.5) is 4.79 Å². The van der Waals surface area contributed by atoms with Crippen LogP contribution in [0.5, 0.6) is 0 Å². The molecular formula is C5H8NO4. The van der Waals surface area contributed by atoms with Gasteiger partial charge in [0, 0.05) is 0 Å². The van der Waals surface area contributed by atoms with Gasteiger partial charge in [0.15, 0.2) is 0 Å². The lowest BCUT2D eigenvalue weighted by molar-refractivity contribution is 0.163. The van der Waals surface area contributed by atoms with E-state index >= 15 is 0 Å². The minimum Gasteiger partial charge on any atom is -0.453 e. The van der Waals surface area contributed by atoms with Gasteiger partial charge in [-0.1, -0.05) is 0 Å². The maximum absolute atomic E-state index is 10.3. The van der Waals surface area contributed by atoms with Gasteiger partial charge in [-0.25, -0.2) is 4.79 Å². The zero-order chi connectivity index (χ0) is 7.98. The number of alkyl carbamates (subject to hydrolysis) is 1. The number of aliphatic hydroxyl groups excluding tert-OH is 1. The molecule has 0 heterocycles. The molecule has 0 saturated carbocycles. The fourth-order valence-electron chi connectivity index (χ4n) is 0.314. The van der Waals surface area contributed by atoms with Crippen LogP contribution in [0.3, 0.4) is 0 Å². The van der Waals surface area contributed by atoms with E-state index in [2.05, 4.69) is 4.74 Å². The first-order valence-corrected chi connectivity index (χ1v) is 2.57. The fourth-order valence-corrected chi connectivity index (χ4v) is 0.314. The van der Waals surface area contributed by atoms with E-state index in [4.69, 9.17) is 5.11 Å². The number of ether oxygens (including phenoxy) is 1. The molecule has 0 aromatic heterocycles. The van der Waals surface area contributed by atoms with Crippen LogP contribution in [0.1, 0.15) is 0 Å². The molecule has 0 aliphatic rings. The van der Waals surface area contributed by atoms with Crippen molar-refractivity contribution in [3.8, 4) is 0 Å². The second-order valence-electron chi connectivity index (χ2n) is 1.49. The number of carbonyl (C=O) groups is 1. The van der Waals surface area contributed by atoms with Gasteiger partial charge in [0.1, 0.15) is 6.04 Å². The highest BCUT2D eigenvalue weighted by Crippen LogP contribution is 1.77. The molecule has 10 heavy (non-hydrogen) atoms. The van der Waals surface area contributed by atoms with Gasteiger partial charge < -0.3 is 15.2 Å². The van der Waals surface area contributed by atoms with Crippen LogP contribution in [0.15, 0.2) is 0 Å². The van der Waals surface area contributed by atoms with Gasteiger partial charge in [0.05, 0.1) is 13.7 Å². The molecule has 0 aliphatic heterocycles. The average Bonchev–Trinajstić information content (AvgIpc) is 1.99. The molecule has 0 aliphatic carbocycles. The smallest absolute Gasteiger partial charge is 0.407 e. The van der Waals surface area contributed by atoms with Crippen molar-refractivity contribution in [1.29, 1.82) is 0 Å². The van der Waals surface area contributed by atoms with Crippen molar-refractivity contribution in [3.63, 3.8) is 0 Å². The Kier molecular flexibility index (Phi) is 4.23. The van der Waals surface area contributed by atoms with E-state index < -0.39 is 18.7 Å². The number of hydrogen-bond acceptors (Lipinski definition) is 4. The standard InChI is InChI=1S/C5H8NO4/c1-10-5(9)6-4(2-7)3-8/h4,7H,2H2,1H3,(H,6,9)/t4-/m0/s1. The van der Waals surface area contributed by atoms with E-state index in [1.807, 2.05) is 5.32 Å². The Labute approximate surface area is 58.0 Å². The van der Waals surface area contributed by atoms with E-state index in [0.29, 0.717) is 0 Å². The lowest BCUT2D eigenvalue weighted by atomic mass is 10.4. The first kappa shape index (κ1) is 8.90. The third-order valence-electron chi connectivity index (χ3n) is 0.802. The summed E-state index contributed by atoms with van der Waals surface area (Å²) < 4.78 is 4.14. The van der Waals surface area contributed by atoms with Gasteiger partial charge in [0.2, 0.25) is 6.29 Å². The van der Waals surface area contributed by atoms with Crippen molar-refractivity contribution < 1.29 is 19.4 Å². The summed E-state index contributed by atoms with van der Waals surface area (Å²) in [5, 5.41) is 10.4. The van der Waals surface area contributed by atoms with Gasteiger partial charge in [-0.3, -0.25) is 4.79 Å². The van der Waals surface area contributed by atoms with Crippen LogP contribution in [0.2, 0.25) is 0 Å².